The monoisotopic (exact) mass is 271 g/mol. The van der Waals surface area contributed by atoms with Gasteiger partial charge in [0.25, 0.3) is 0 Å². The van der Waals surface area contributed by atoms with Crippen LogP contribution in [-0.2, 0) is 4.74 Å². The van der Waals surface area contributed by atoms with E-state index >= 15 is 0 Å². The average molecular weight is 271 g/mol. The zero-order valence-electron chi connectivity index (χ0n) is 10.2. The molecular formula is C11H17N3O3S. The van der Waals surface area contributed by atoms with Gasteiger partial charge in [-0.3, -0.25) is 4.57 Å². The highest BCUT2D eigenvalue weighted by atomic mass is 32.2. The smallest absolute Gasteiger partial charge is 0.351 e. The summed E-state index contributed by atoms with van der Waals surface area (Å²) in [6.45, 7) is -0.0402. The van der Waals surface area contributed by atoms with Crippen LogP contribution in [0.25, 0.3) is 0 Å². The number of ether oxygens (including phenoxy) is 1. The summed E-state index contributed by atoms with van der Waals surface area (Å²) in [5.41, 5.74) is 4.48. The van der Waals surface area contributed by atoms with Crippen LogP contribution in [0, 0.1) is 0 Å². The summed E-state index contributed by atoms with van der Waals surface area (Å²) in [7, 11) is 0. The van der Waals surface area contributed by atoms with E-state index in [-0.39, 0.29) is 18.7 Å². The van der Waals surface area contributed by atoms with Crippen LogP contribution >= 0.6 is 11.8 Å². The van der Waals surface area contributed by atoms with Gasteiger partial charge in [-0.05, 0) is 25.2 Å². The van der Waals surface area contributed by atoms with Crippen LogP contribution < -0.4 is 11.4 Å². The zero-order chi connectivity index (χ0) is 13.2. The van der Waals surface area contributed by atoms with Crippen molar-refractivity contribution in [1.29, 1.82) is 0 Å². The number of hydrogen-bond acceptors (Lipinski definition) is 6. The van der Waals surface area contributed by atoms with Gasteiger partial charge in [-0.1, -0.05) is 0 Å². The van der Waals surface area contributed by atoms with Gasteiger partial charge in [0, 0.05) is 11.9 Å². The summed E-state index contributed by atoms with van der Waals surface area (Å²) in [6.07, 6.45) is 4.59. The van der Waals surface area contributed by atoms with E-state index < -0.39 is 11.3 Å². The quantitative estimate of drug-likeness (QED) is 0.814. The number of nitrogens with zero attached hydrogens (tertiary/aromatic N) is 2. The van der Waals surface area contributed by atoms with E-state index in [9.17, 15) is 9.90 Å². The van der Waals surface area contributed by atoms with Gasteiger partial charge in [-0.2, -0.15) is 16.7 Å². The number of hydrogen-bond donors (Lipinski definition) is 2. The molecule has 0 spiro atoms. The first-order valence-corrected chi connectivity index (χ1v) is 7.12. The molecule has 0 aromatic carbocycles. The molecule has 1 aromatic heterocycles. The molecule has 2 rings (SSSR count). The van der Waals surface area contributed by atoms with Crippen molar-refractivity contribution in [2.45, 2.75) is 24.7 Å². The summed E-state index contributed by atoms with van der Waals surface area (Å²) >= 11 is 1.62. The third-order valence-corrected chi connectivity index (χ3v) is 3.91. The molecule has 0 saturated carbocycles. The molecule has 1 fully saturated rings. The molecule has 100 valence electrons. The Balaban J connectivity index is 2.19. The third-order valence-electron chi connectivity index (χ3n) is 3.09. The standard InChI is InChI=1S/C11H17N3O3S/c1-18-7-11(6-15)4-2-9(17-11)14-5-3-8(12)13-10(14)16/h3,5,9,15H,2,4,6-7H2,1H3,(H2,12,13,16)/t9-,11?/m1/s1. The highest BCUT2D eigenvalue weighted by Gasteiger charge is 2.40. The van der Waals surface area contributed by atoms with Crippen LogP contribution in [0.5, 0.6) is 0 Å². The maximum atomic E-state index is 11.7. The Morgan fingerprint density at radius 1 is 1.78 bits per heavy atom. The molecule has 2 atom stereocenters. The lowest BCUT2D eigenvalue weighted by Crippen LogP contribution is -2.37. The molecule has 1 aliphatic heterocycles. The van der Waals surface area contributed by atoms with Crippen molar-refractivity contribution in [3.8, 4) is 0 Å². The predicted octanol–water partition coefficient (Wildman–Crippen LogP) is 0.229. The third kappa shape index (κ3) is 2.52. The lowest BCUT2D eigenvalue weighted by atomic mass is 10.0. The molecule has 1 unspecified atom stereocenters. The number of anilines is 1. The van der Waals surface area contributed by atoms with E-state index in [1.54, 1.807) is 24.0 Å². The Kier molecular flexibility index (Phi) is 3.94. The first kappa shape index (κ1) is 13.4. The Morgan fingerprint density at radius 3 is 3.17 bits per heavy atom. The van der Waals surface area contributed by atoms with E-state index in [0.717, 1.165) is 6.42 Å². The molecule has 1 aliphatic rings. The van der Waals surface area contributed by atoms with Crippen LogP contribution in [0.3, 0.4) is 0 Å². The van der Waals surface area contributed by atoms with E-state index in [4.69, 9.17) is 10.5 Å². The largest absolute Gasteiger partial charge is 0.393 e. The molecule has 0 bridgehead atoms. The second-order valence-electron chi connectivity index (χ2n) is 4.43. The van der Waals surface area contributed by atoms with Crippen molar-refractivity contribution in [3.05, 3.63) is 22.7 Å². The maximum Gasteiger partial charge on any atom is 0.351 e. The molecule has 0 amide bonds. The van der Waals surface area contributed by atoms with Crippen molar-refractivity contribution in [1.82, 2.24) is 9.55 Å². The van der Waals surface area contributed by atoms with Gasteiger partial charge < -0.3 is 15.6 Å². The fourth-order valence-corrected chi connectivity index (χ4v) is 2.99. The zero-order valence-corrected chi connectivity index (χ0v) is 11.0. The van der Waals surface area contributed by atoms with E-state index in [2.05, 4.69) is 4.98 Å². The number of aliphatic hydroxyl groups excluding tert-OH is 1. The van der Waals surface area contributed by atoms with E-state index in [0.29, 0.717) is 12.2 Å². The minimum Gasteiger partial charge on any atom is -0.393 e. The molecule has 7 heteroatoms. The second kappa shape index (κ2) is 5.29. The van der Waals surface area contributed by atoms with Gasteiger partial charge in [0.2, 0.25) is 0 Å². The van der Waals surface area contributed by atoms with Gasteiger partial charge in [0.15, 0.2) is 0 Å². The molecule has 0 aliphatic carbocycles. The van der Waals surface area contributed by atoms with E-state index in [1.807, 2.05) is 6.26 Å². The number of aromatic nitrogens is 2. The van der Waals surface area contributed by atoms with Crippen molar-refractivity contribution in [2.24, 2.45) is 0 Å². The molecular weight excluding hydrogens is 254 g/mol. The lowest BCUT2D eigenvalue weighted by Gasteiger charge is -2.26. The average Bonchev–Trinajstić information content (AvgIpc) is 2.74. The highest BCUT2D eigenvalue weighted by Crippen LogP contribution is 2.37. The fraction of sp³-hybridized carbons (Fsp3) is 0.636. The van der Waals surface area contributed by atoms with Crippen LogP contribution in [0.15, 0.2) is 17.1 Å². The Hall–Kier alpha value is -1.05. The minimum atomic E-state index is -0.551. The molecule has 1 aromatic rings. The molecule has 1 saturated heterocycles. The Morgan fingerprint density at radius 2 is 2.56 bits per heavy atom. The number of nitrogens with two attached hydrogens (primary N) is 1. The minimum absolute atomic E-state index is 0.0402. The summed E-state index contributed by atoms with van der Waals surface area (Å²) in [6, 6.07) is 1.57. The number of thioether (sulfide) groups is 1. The van der Waals surface area contributed by atoms with Crippen molar-refractivity contribution in [2.75, 3.05) is 24.3 Å². The topological polar surface area (TPSA) is 90.4 Å². The Bertz CT molecular complexity index is 479. The van der Waals surface area contributed by atoms with Gasteiger partial charge in [-0.15, -0.1) is 0 Å². The fourth-order valence-electron chi connectivity index (χ4n) is 2.17. The first-order valence-electron chi connectivity index (χ1n) is 5.72. The molecule has 6 nitrogen and oxygen atoms in total. The van der Waals surface area contributed by atoms with Crippen LogP contribution in [0.2, 0.25) is 0 Å². The number of nitrogen functional groups attached to an aromatic ring is 1. The Labute approximate surface area is 109 Å². The summed E-state index contributed by atoms with van der Waals surface area (Å²) in [5, 5.41) is 9.46. The van der Waals surface area contributed by atoms with Crippen molar-refractivity contribution >= 4 is 17.6 Å². The van der Waals surface area contributed by atoms with Gasteiger partial charge in [0.1, 0.15) is 17.6 Å². The molecule has 2 heterocycles. The summed E-state index contributed by atoms with van der Waals surface area (Å²) in [4.78, 5) is 15.4. The molecule has 0 radical (unpaired) electrons. The normalized spacial score (nSPS) is 27.6. The van der Waals surface area contributed by atoms with Gasteiger partial charge in [-0.25, -0.2) is 4.79 Å². The number of aliphatic hydroxyl groups is 1. The maximum absolute atomic E-state index is 11.7. The second-order valence-corrected chi connectivity index (χ2v) is 5.29. The van der Waals surface area contributed by atoms with Crippen molar-refractivity contribution in [3.63, 3.8) is 0 Å². The van der Waals surface area contributed by atoms with Gasteiger partial charge in [0.05, 0.1) is 6.61 Å². The van der Waals surface area contributed by atoms with Gasteiger partial charge >= 0.3 is 5.69 Å². The number of rotatable bonds is 4. The molecule has 18 heavy (non-hydrogen) atoms. The summed E-state index contributed by atoms with van der Waals surface area (Å²) in [5.74, 6) is 0.906. The van der Waals surface area contributed by atoms with E-state index in [1.165, 1.54) is 4.57 Å². The first-order chi connectivity index (χ1) is 8.60. The highest BCUT2D eigenvalue weighted by molar-refractivity contribution is 7.98. The van der Waals surface area contributed by atoms with Crippen LogP contribution in [0.1, 0.15) is 19.1 Å². The van der Waals surface area contributed by atoms with Crippen molar-refractivity contribution < 1.29 is 9.84 Å². The predicted molar refractivity (Wildman–Crippen MR) is 70.5 cm³/mol. The lowest BCUT2D eigenvalue weighted by molar-refractivity contribution is -0.0851. The molecule has 3 N–H and O–H groups in total. The summed E-state index contributed by atoms with van der Waals surface area (Å²) < 4.78 is 7.28. The van der Waals surface area contributed by atoms with Crippen LogP contribution in [-0.4, -0.2) is 38.9 Å². The SMILES string of the molecule is CSCC1(CO)CC[C@H](n2ccc(N)nc2=O)O1. The van der Waals surface area contributed by atoms with Crippen LogP contribution in [0.4, 0.5) is 5.82 Å².